The molecule has 0 aliphatic heterocycles. The summed E-state index contributed by atoms with van der Waals surface area (Å²) < 4.78 is 5.36. The Labute approximate surface area is 132 Å². The maximum atomic E-state index is 5.36. The number of ether oxygens (including phenoxy) is 1. The lowest BCUT2D eigenvalue weighted by Gasteiger charge is -2.11. The van der Waals surface area contributed by atoms with E-state index in [1.807, 2.05) is 24.3 Å². The van der Waals surface area contributed by atoms with Crippen LogP contribution in [0.2, 0.25) is 0 Å². The van der Waals surface area contributed by atoms with E-state index in [1.165, 1.54) is 5.56 Å². The Morgan fingerprint density at radius 2 is 1.95 bits per heavy atom. The van der Waals surface area contributed by atoms with Crippen LogP contribution in [0.1, 0.15) is 19.4 Å². The fourth-order valence-electron chi connectivity index (χ4n) is 2.07. The van der Waals surface area contributed by atoms with Gasteiger partial charge in [-0.25, -0.2) is 4.98 Å². The molecule has 2 aromatic rings. The van der Waals surface area contributed by atoms with Gasteiger partial charge in [-0.05, 0) is 30.0 Å². The molecule has 1 heterocycles. The van der Waals surface area contributed by atoms with Crippen LogP contribution >= 0.6 is 0 Å². The molecule has 0 amide bonds. The summed E-state index contributed by atoms with van der Waals surface area (Å²) in [5.41, 5.74) is 1.18. The number of hydrogen-bond acceptors (Lipinski definition) is 5. The van der Waals surface area contributed by atoms with Crippen LogP contribution in [-0.4, -0.2) is 30.2 Å². The van der Waals surface area contributed by atoms with E-state index in [4.69, 9.17) is 4.74 Å². The van der Waals surface area contributed by atoms with E-state index in [0.29, 0.717) is 11.9 Å². The van der Waals surface area contributed by atoms with Gasteiger partial charge in [0.25, 0.3) is 0 Å². The zero-order valence-corrected chi connectivity index (χ0v) is 13.5. The molecule has 0 aliphatic rings. The zero-order valence-electron chi connectivity index (χ0n) is 13.5. The summed E-state index contributed by atoms with van der Waals surface area (Å²) >= 11 is 0. The second-order valence-corrected chi connectivity index (χ2v) is 5.53. The summed E-state index contributed by atoms with van der Waals surface area (Å²) in [4.78, 5) is 8.68. The number of para-hydroxylation sites is 1. The first-order valence-electron chi connectivity index (χ1n) is 7.61. The molecular weight excluding hydrogens is 276 g/mol. The van der Waals surface area contributed by atoms with Crippen molar-refractivity contribution in [1.82, 2.24) is 9.97 Å². The van der Waals surface area contributed by atoms with Crippen LogP contribution in [0.25, 0.3) is 0 Å². The van der Waals surface area contributed by atoms with E-state index in [1.54, 1.807) is 13.3 Å². The van der Waals surface area contributed by atoms with Crippen molar-refractivity contribution >= 4 is 11.8 Å². The van der Waals surface area contributed by atoms with E-state index in [9.17, 15) is 0 Å². The Hall–Kier alpha value is -2.30. The van der Waals surface area contributed by atoms with Crippen LogP contribution in [0, 0.1) is 5.92 Å². The van der Waals surface area contributed by atoms with Gasteiger partial charge in [0.15, 0.2) is 0 Å². The molecular formula is C17H24N4O. The largest absolute Gasteiger partial charge is 0.496 e. The average Bonchev–Trinajstić information content (AvgIpc) is 2.54. The first-order chi connectivity index (χ1) is 10.7. The number of benzene rings is 1. The number of rotatable bonds is 8. The van der Waals surface area contributed by atoms with Gasteiger partial charge in [0.2, 0.25) is 5.95 Å². The third kappa shape index (κ3) is 4.91. The number of nitrogens with zero attached hydrogens (tertiary/aromatic N) is 2. The zero-order chi connectivity index (χ0) is 15.8. The summed E-state index contributed by atoms with van der Waals surface area (Å²) in [6.45, 7) is 5.97. The minimum atomic E-state index is 0.561. The molecule has 0 saturated heterocycles. The minimum absolute atomic E-state index is 0.561. The Kier molecular flexibility index (Phi) is 6.01. The predicted octanol–water partition coefficient (Wildman–Crippen LogP) is 3.21. The van der Waals surface area contributed by atoms with Crippen molar-refractivity contribution in [3.63, 3.8) is 0 Å². The third-order valence-corrected chi connectivity index (χ3v) is 3.22. The Bertz CT molecular complexity index is 586. The highest BCUT2D eigenvalue weighted by Gasteiger charge is 2.03. The maximum Gasteiger partial charge on any atom is 0.224 e. The van der Waals surface area contributed by atoms with Crippen molar-refractivity contribution in [1.29, 1.82) is 0 Å². The molecule has 0 atom stereocenters. The van der Waals surface area contributed by atoms with Crippen molar-refractivity contribution in [2.24, 2.45) is 5.92 Å². The summed E-state index contributed by atoms with van der Waals surface area (Å²) in [5, 5.41) is 6.55. The normalized spacial score (nSPS) is 10.5. The van der Waals surface area contributed by atoms with E-state index >= 15 is 0 Å². The van der Waals surface area contributed by atoms with Gasteiger partial charge in [-0.3, -0.25) is 0 Å². The molecule has 22 heavy (non-hydrogen) atoms. The summed E-state index contributed by atoms with van der Waals surface area (Å²) in [5.74, 6) is 2.98. The van der Waals surface area contributed by atoms with Crippen molar-refractivity contribution in [2.45, 2.75) is 20.3 Å². The quantitative estimate of drug-likeness (QED) is 0.784. The first kappa shape index (κ1) is 16.1. The molecule has 0 fully saturated rings. The van der Waals surface area contributed by atoms with Crippen LogP contribution in [0.5, 0.6) is 5.75 Å². The van der Waals surface area contributed by atoms with E-state index in [2.05, 4.69) is 40.5 Å². The standard InChI is InChI=1S/C17H24N4O/c1-13(2)12-20-17-19-11-9-16(21-17)18-10-8-14-6-4-5-7-15(14)22-3/h4-7,9,11,13H,8,10,12H2,1-3H3,(H2,18,19,20,21). The molecule has 0 saturated carbocycles. The lowest BCUT2D eigenvalue weighted by molar-refractivity contribution is 0.410. The lowest BCUT2D eigenvalue weighted by atomic mass is 10.1. The minimum Gasteiger partial charge on any atom is -0.496 e. The predicted molar refractivity (Wildman–Crippen MR) is 90.5 cm³/mol. The van der Waals surface area contributed by atoms with Crippen molar-refractivity contribution in [3.8, 4) is 5.75 Å². The number of methoxy groups -OCH3 is 1. The maximum absolute atomic E-state index is 5.36. The van der Waals surface area contributed by atoms with Crippen LogP contribution in [0.15, 0.2) is 36.5 Å². The van der Waals surface area contributed by atoms with Gasteiger partial charge in [-0.1, -0.05) is 32.0 Å². The van der Waals surface area contributed by atoms with Gasteiger partial charge in [0.1, 0.15) is 11.6 Å². The fraction of sp³-hybridized carbons (Fsp3) is 0.412. The molecule has 0 bridgehead atoms. The molecule has 0 radical (unpaired) electrons. The highest BCUT2D eigenvalue weighted by atomic mass is 16.5. The molecule has 5 heteroatoms. The molecule has 118 valence electrons. The molecule has 1 aromatic carbocycles. The first-order valence-corrected chi connectivity index (χ1v) is 7.61. The number of aromatic nitrogens is 2. The smallest absolute Gasteiger partial charge is 0.224 e. The van der Waals surface area contributed by atoms with Gasteiger partial charge in [0.05, 0.1) is 7.11 Å². The second-order valence-electron chi connectivity index (χ2n) is 5.53. The average molecular weight is 300 g/mol. The van der Waals surface area contributed by atoms with Gasteiger partial charge in [-0.15, -0.1) is 0 Å². The third-order valence-electron chi connectivity index (χ3n) is 3.22. The fourth-order valence-corrected chi connectivity index (χ4v) is 2.07. The van der Waals surface area contributed by atoms with Gasteiger partial charge >= 0.3 is 0 Å². The van der Waals surface area contributed by atoms with Crippen molar-refractivity contribution in [3.05, 3.63) is 42.1 Å². The van der Waals surface area contributed by atoms with Crippen molar-refractivity contribution < 1.29 is 4.74 Å². The topological polar surface area (TPSA) is 59.1 Å². The summed E-state index contributed by atoms with van der Waals surface area (Å²) in [7, 11) is 1.70. The molecule has 5 nitrogen and oxygen atoms in total. The molecule has 0 spiro atoms. The molecule has 0 aliphatic carbocycles. The SMILES string of the molecule is COc1ccccc1CCNc1ccnc(NCC(C)C)n1. The molecule has 1 aromatic heterocycles. The van der Waals surface area contributed by atoms with Gasteiger partial charge in [-0.2, -0.15) is 4.98 Å². The molecule has 0 unspecified atom stereocenters. The molecule has 2 N–H and O–H groups in total. The highest BCUT2D eigenvalue weighted by Crippen LogP contribution is 2.17. The van der Waals surface area contributed by atoms with Crippen molar-refractivity contribution in [2.75, 3.05) is 30.8 Å². The second kappa shape index (κ2) is 8.22. The van der Waals surface area contributed by atoms with E-state index in [-0.39, 0.29) is 0 Å². The van der Waals surface area contributed by atoms with Crippen LogP contribution in [0.4, 0.5) is 11.8 Å². The summed E-state index contributed by atoms with van der Waals surface area (Å²) in [6, 6.07) is 9.94. The van der Waals surface area contributed by atoms with E-state index in [0.717, 1.165) is 31.1 Å². The van der Waals surface area contributed by atoms with Crippen LogP contribution in [-0.2, 0) is 6.42 Å². The highest BCUT2D eigenvalue weighted by molar-refractivity contribution is 5.40. The number of anilines is 2. The number of nitrogens with one attached hydrogen (secondary N) is 2. The van der Waals surface area contributed by atoms with Gasteiger partial charge < -0.3 is 15.4 Å². The molecule has 2 rings (SSSR count). The summed E-state index contributed by atoms with van der Waals surface area (Å²) in [6.07, 6.45) is 2.64. The van der Waals surface area contributed by atoms with E-state index < -0.39 is 0 Å². The van der Waals surface area contributed by atoms with Gasteiger partial charge in [0, 0.05) is 19.3 Å². The Morgan fingerprint density at radius 1 is 1.14 bits per heavy atom. The Balaban J connectivity index is 1.87. The van der Waals surface area contributed by atoms with Crippen LogP contribution < -0.4 is 15.4 Å². The van der Waals surface area contributed by atoms with Crippen LogP contribution in [0.3, 0.4) is 0 Å². The lowest BCUT2D eigenvalue weighted by Crippen LogP contribution is -2.12. The monoisotopic (exact) mass is 300 g/mol. The number of hydrogen-bond donors (Lipinski definition) is 2. The Morgan fingerprint density at radius 3 is 2.73 bits per heavy atom.